The highest BCUT2D eigenvalue weighted by molar-refractivity contribution is 7.21. The number of hydrogen-bond donors (Lipinski definition) is 2. The maximum absolute atomic E-state index is 14.7. The number of allylic oxidation sites excluding steroid dienone is 2. The molecule has 55 heavy (non-hydrogen) atoms. The van der Waals surface area contributed by atoms with Crippen LogP contribution in [0.15, 0.2) is 78.4 Å². The van der Waals surface area contributed by atoms with E-state index >= 15 is 0 Å². The van der Waals surface area contributed by atoms with Crippen LogP contribution in [0, 0.1) is 5.41 Å². The Morgan fingerprint density at radius 3 is 2.56 bits per heavy atom. The van der Waals surface area contributed by atoms with Crippen LogP contribution >= 0.6 is 11.3 Å². The molecule has 2 heterocycles. The summed E-state index contributed by atoms with van der Waals surface area (Å²) in [5, 5.41) is 25.2. The molecule has 0 unspecified atom stereocenters. The number of fused-ring (bicyclic) bond motifs is 9. The van der Waals surface area contributed by atoms with Gasteiger partial charge in [-0.2, -0.15) is 0 Å². The van der Waals surface area contributed by atoms with Gasteiger partial charge in [-0.1, -0.05) is 55.0 Å². The number of aliphatic hydroxyl groups excluding tert-OH is 1. The molecule has 8 rings (SSSR count). The molecule has 1 aromatic heterocycles. The normalized spacial score (nSPS) is 25.6. The molecule has 1 saturated carbocycles. The van der Waals surface area contributed by atoms with Crippen molar-refractivity contribution < 1.29 is 34.0 Å². The van der Waals surface area contributed by atoms with Gasteiger partial charge in [0.05, 0.1) is 49.9 Å². The van der Waals surface area contributed by atoms with E-state index in [1.54, 1.807) is 14.2 Å². The Labute approximate surface area is 329 Å². The van der Waals surface area contributed by atoms with E-state index in [9.17, 15) is 19.8 Å². The molecule has 3 aliphatic carbocycles. The molecule has 1 amide bonds. The maximum Gasteiger partial charge on any atom is 0.227 e. The first-order valence-electron chi connectivity index (χ1n) is 19.8. The van der Waals surface area contributed by atoms with Gasteiger partial charge in [-0.3, -0.25) is 9.59 Å². The van der Waals surface area contributed by atoms with E-state index < -0.39 is 17.1 Å². The number of methoxy groups -OCH3 is 2. The predicted molar refractivity (Wildman–Crippen MR) is 217 cm³/mol. The summed E-state index contributed by atoms with van der Waals surface area (Å²) in [4.78, 5) is 31.5. The summed E-state index contributed by atoms with van der Waals surface area (Å²) in [6, 6.07) is 21.7. The number of amides is 1. The standard InChI is InChI=1S/C46H55NO7S/c1-30-9-7-20-45(2)38(36-17-14-31(23-34(48)16-13-30)24-37(36)44(50)42-27-33-10-5-6-12-41(33)55-42)19-21-46(45,51)29-47(28-35-11-8-22-54-35)43(49)26-32-15-18-39(52-3)40(25-32)53-4/h5-6,9-10,12,14-15,17-18,24-25,27,34-35,38,48,51H,7-8,11,13,16,19-23,26,28-29H2,1-4H3/t34-,35+,38-,45-,46+/m0/s1. The van der Waals surface area contributed by atoms with Crippen LogP contribution in [0.3, 0.4) is 0 Å². The first-order chi connectivity index (χ1) is 26.5. The number of aliphatic hydroxyl groups is 2. The molecule has 0 spiro atoms. The lowest BCUT2D eigenvalue weighted by Crippen LogP contribution is -2.55. The zero-order valence-corrected chi connectivity index (χ0v) is 33.5. The van der Waals surface area contributed by atoms with E-state index in [4.69, 9.17) is 14.2 Å². The number of thiophene rings is 1. The van der Waals surface area contributed by atoms with Gasteiger partial charge in [-0.05, 0) is 123 Å². The fraction of sp³-hybridized carbons (Fsp3) is 0.478. The van der Waals surface area contributed by atoms with Gasteiger partial charge in [0.25, 0.3) is 0 Å². The Morgan fingerprint density at radius 2 is 1.80 bits per heavy atom. The minimum Gasteiger partial charge on any atom is -0.493 e. The topological polar surface area (TPSA) is 106 Å². The van der Waals surface area contributed by atoms with E-state index in [2.05, 4.69) is 32.1 Å². The number of hydrogen-bond acceptors (Lipinski definition) is 8. The summed E-state index contributed by atoms with van der Waals surface area (Å²) in [7, 11) is 3.17. The highest BCUT2D eigenvalue weighted by Gasteiger charge is 2.57. The summed E-state index contributed by atoms with van der Waals surface area (Å²) in [6.45, 7) is 5.53. The fourth-order valence-corrected chi connectivity index (χ4v) is 10.3. The van der Waals surface area contributed by atoms with Gasteiger partial charge >= 0.3 is 0 Å². The smallest absolute Gasteiger partial charge is 0.227 e. The average molecular weight is 766 g/mol. The van der Waals surface area contributed by atoms with Crippen LogP contribution in [0.2, 0.25) is 0 Å². The van der Waals surface area contributed by atoms with Crippen LogP contribution in [-0.4, -0.2) is 78.5 Å². The Morgan fingerprint density at radius 1 is 0.982 bits per heavy atom. The Kier molecular flexibility index (Phi) is 11.8. The lowest BCUT2D eigenvalue weighted by atomic mass is 9.64. The molecule has 2 N–H and O–H groups in total. The van der Waals surface area contributed by atoms with Gasteiger partial charge in [0.15, 0.2) is 11.5 Å². The van der Waals surface area contributed by atoms with Crippen molar-refractivity contribution in [2.24, 2.45) is 5.41 Å². The van der Waals surface area contributed by atoms with Crippen LogP contribution in [0.4, 0.5) is 0 Å². The minimum atomic E-state index is -1.24. The van der Waals surface area contributed by atoms with Gasteiger partial charge in [0.2, 0.25) is 11.7 Å². The maximum atomic E-state index is 14.7. The zero-order chi connectivity index (χ0) is 38.7. The monoisotopic (exact) mass is 765 g/mol. The van der Waals surface area contributed by atoms with E-state index in [0.29, 0.717) is 67.2 Å². The van der Waals surface area contributed by atoms with Gasteiger partial charge in [-0.25, -0.2) is 0 Å². The van der Waals surface area contributed by atoms with Gasteiger partial charge in [-0.15, -0.1) is 11.3 Å². The third-order valence-electron chi connectivity index (χ3n) is 12.6. The molecule has 4 aliphatic rings. The number of rotatable bonds is 10. The second-order valence-electron chi connectivity index (χ2n) is 16.2. The van der Waals surface area contributed by atoms with Crippen molar-refractivity contribution >= 4 is 33.1 Å². The van der Waals surface area contributed by atoms with E-state index in [0.717, 1.165) is 52.5 Å². The van der Waals surface area contributed by atoms with Crippen LogP contribution < -0.4 is 9.47 Å². The molecule has 3 aromatic carbocycles. The van der Waals surface area contributed by atoms with Crippen molar-refractivity contribution in [3.63, 3.8) is 0 Å². The molecule has 9 heteroatoms. The molecular formula is C46H55NO7S. The minimum absolute atomic E-state index is 0.0294. The summed E-state index contributed by atoms with van der Waals surface area (Å²) >= 11 is 1.50. The molecule has 8 nitrogen and oxygen atoms in total. The Hall–Kier alpha value is -4.02. The van der Waals surface area contributed by atoms with Gasteiger partial charge in [0.1, 0.15) is 0 Å². The van der Waals surface area contributed by atoms with E-state index in [1.165, 1.54) is 16.9 Å². The van der Waals surface area contributed by atoms with Crippen molar-refractivity contribution in [1.29, 1.82) is 0 Å². The van der Waals surface area contributed by atoms with Crippen molar-refractivity contribution in [1.82, 2.24) is 4.90 Å². The second kappa shape index (κ2) is 16.6. The highest BCUT2D eigenvalue weighted by atomic mass is 32.1. The molecule has 5 atom stereocenters. The molecule has 2 fully saturated rings. The number of nitrogens with zero attached hydrogens (tertiary/aromatic N) is 1. The zero-order valence-electron chi connectivity index (χ0n) is 32.6. The predicted octanol–water partition coefficient (Wildman–Crippen LogP) is 8.44. The summed E-state index contributed by atoms with van der Waals surface area (Å²) in [6.07, 6.45) is 8.03. The molecule has 1 saturated heterocycles. The number of carbonyl (C=O) groups is 2. The molecule has 0 radical (unpaired) electrons. The summed E-state index contributed by atoms with van der Waals surface area (Å²) < 4.78 is 18.1. The number of ketones is 1. The average Bonchev–Trinajstić information content (AvgIpc) is 3.92. The van der Waals surface area contributed by atoms with Crippen molar-refractivity contribution in [2.75, 3.05) is 33.9 Å². The first-order valence-corrected chi connectivity index (χ1v) is 20.6. The van der Waals surface area contributed by atoms with Gasteiger partial charge < -0.3 is 29.3 Å². The SMILES string of the molecule is COc1ccc(CC(=O)N(C[C@H]2CCCO2)C[C@]2(O)CC[C@H]3c4ccc(cc4C(=O)c4cc5ccccc5s4)C[C@@H](O)CCC(C)=CCC[C@@]32C)cc1OC. The van der Waals surface area contributed by atoms with E-state index in [-0.39, 0.29) is 36.7 Å². The fourth-order valence-electron chi connectivity index (χ4n) is 9.30. The van der Waals surface area contributed by atoms with Crippen LogP contribution in [0.1, 0.15) is 103 Å². The summed E-state index contributed by atoms with van der Waals surface area (Å²) in [5.41, 5.74) is 2.60. The number of benzene rings is 3. The van der Waals surface area contributed by atoms with Crippen molar-refractivity contribution in [3.05, 3.63) is 106 Å². The Bertz CT molecular complexity index is 2020. The van der Waals surface area contributed by atoms with Crippen LogP contribution in [0.25, 0.3) is 10.1 Å². The van der Waals surface area contributed by atoms with Crippen LogP contribution in [-0.2, 0) is 22.4 Å². The first kappa shape index (κ1) is 39.2. The molecular weight excluding hydrogens is 711 g/mol. The lowest BCUT2D eigenvalue weighted by Gasteiger charge is -2.46. The summed E-state index contributed by atoms with van der Waals surface area (Å²) in [5.74, 6) is 0.906. The Balaban J connectivity index is 1.27. The largest absolute Gasteiger partial charge is 0.493 e. The molecule has 1 aliphatic heterocycles. The third-order valence-corrected chi connectivity index (χ3v) is 13.7. The van der Waals surface area contributed by atoms with Gasteiger partial charge in [0, 0.05) is 28.8 Å². The molecule has 292 valence electrons. The number of carbonyl (C=O) groups excluding carboxylic acids is 2. The second-order valence-corrected chi connectivity index (χ2v) is 17.3. The molecule has 2 bridgehead atoms. The van der Waals surface area contributed by atoms with Crippen molar-refractivity contribution in [3.8, 4) is 11.5 Å². The van der Waals surface area contributed by atoms with E-state index in [1.807, 2.05) is 59.5 Å². The number of ether oxygens (including phenoxy) is 3. The van der Waals surface area contributed by atoms with Crippen molar-refractivity contribution in [2.45, 2.75) is 102 Å². The highest BCUT2D eigenvalue weighted by Crippen LogP contribution is 2.59. The quantitative estimate of drug-likeness (QED) is 0.123. The lowest BCUT2D eigenvalue weighted by molar-refractivity contribution is -0.141. The molecule has 4 aromatic rings. The van der Waals surface area contributed by atoms with Crippen LogP contribution in [0.5, 0.6) is 11.5 Å². The third kappa shape index (κ3) is 8.27.